The number of likely N-dealkylation sites (tertiary alicyclic amines) is 1. The van der Waals surface area contributed by atoms with Gasteiger partial charge in [0.1, 0.15) is 0 Å². The van der Waals surface area contributed by atoms with Gasteiger partial charge in [-0.25, -0.2) is 0 Å². The van der Waals surface area contributed by atoms with Crippen LogP contribution in [-0.2, 0) is 9.59 Å². The monoisotopic (exact) mass is 351 g/mol. The van der Waals surface area contributed by atoms with Crippen LogP contribution < -0.4 is 20.9 Å². The molecule has 2 rings (SSSR count). The highest BCUT2D eigenvalue weighted by Gasteiger charge is 2.22. The number of piperidine rings is 1. The third kappa shape index (κ3) is 6.58. The van der Waals surface area contributed by atoms with Crippen molar-refractivity contribution in [3.05, 3.63) is 24.2 Å². The Morgan fingerprint density at radius 3 is 2.52 bits per heavy atom. The zero-order valence-electron chi connectivity index (χ0n) is 14.6. The van der Waals surface area contributed by atoms with Crippen molar-refractivity contribution in [2.45, 2.75) is 32.2 Å². The van der Waals surface area contributed by atoms with Crippen molar-refractivity contribution in [3.63, 3.8) is 0 Å². The first kappa shape index (κ1) is 19.0. The zero-order valence-corrected chi connectivity index (χ0v) is 14.6. The molecule has 0 unspecified atom stereocenters. The lowest BCUT2D eigenvalue weighted by atomic mass is 10.0. The zero-order chi connectivity index (χ0) is 18.1. The molecule has 8 nitrogen and oxygen atoms in total. The molecule has 4 N–H and O–H groups in total. The maximum Gasteiger partial charge on any atom is 0.287 e. The number of amides is 3. The van der Waals surface area contributed by atoms with Gasteiger partial charge in [-0.1, -0.05) is 6.92 Å². The molecule has 1 aromatic heterocycles. The van der Waals surface area contributed by atoms with Gasteiger partial charge < -0.3 is 25.3 Å². The van der Waals surface area contributed by atoms with Gasteiger partial charge in [-0.05, 0) is 18.6 Å². The number of nitrogens with one attached hydrogen (secondary N) is 4. The van der Waals surface area contributed by atoms with E-state index in [9.17, 15) is 14.4 Å². The van der Waals surface area contributed by atoms with E-state index in [4.69, 9.17) is 4.42 Å². The average Bonchev–Trinajstić information content (AvgIpc) is 3.14. The standard InChI is InChI=1S/C17H26N4O4/c1-2-7-21-8-5-13(6-9-21)20-16(23)12-18-15(22)11-19-17(24)14-4-3-10-25-14/h3-4,10,13H,2,5-9,11-12H2,1H3,(H,18,22)(H,19,24)(H,20,23)/p+1. The minimum Gasteiger partial charge on any atom is -0.459 e. The van der Waals surface area contributed by atoms with Crippen LogP contribution in [0.3, 0.4) is 0 Å². The SMILES string of the molecule is CCC[NH+]1CCC(NC(=O)CNC(=O)CNC(=O)c2ccco2)CC1. The summed E-state index contributed by atoms with van der Waals surface area (Å²) in [6.45, 7) is 5.22. The van der Waals surface area contributed by atoms with Crippen LogP contribution in [0.5, 0.6) is 0 Å². The quantitative estimate of drug-likeness (QED) is 0.467. The first-order valence-corrected chi connectivity index (χ1v) is 8.79. The first-order valence-electron chi connectivity index (χ1n) is 8.79. The molecule has 25 heavy (non-hydrogen) atoms. The summed E-state index contributed by atoms with van der Waals surface area (Å²) in [5.74, 6) is -0.944. The number of hydrogen-bond acceptors (Lipinski definition) is 4. The van der Waals surface area contributed by atoms with Gasteiger partial charge in [0.2, 0.25) is 11.8 Å². The summed E-state index contributed by atoms with van der Waals surface area (Å²) in [6, 6.07) is 3.28. The van der Waals surface area contributed by atoms with Gasteiger partial charge in [-0.15, -0.1) is 0 Å². The molecule has 0 radical (unpaired) electrons. The molecule has 0 aromatic carbocycles. The van der Waals surface area contributed by atoms with E-state index in [-0.39, 0.29) is 30.8 Å². The predicted octanol–water partition coefficient (Wildman–Crippen LogP) is -1.30. The van der Waals surface area contributed by atoms with Gasteiger partial charge in [0.15, 0.2) is 5.76 Å². The van der Waals surface area contributed by atoms with Gasteiger partial charge in [0.25, 0.3) is 5.91 Å². The fourth-order valence-corrected chi connectivity index (χ4v) is 2.95. The lowest BCUT2D eigenvalue weighted by Crippen LogP contribution is -3.13. The molecule has 1 aliphatic heterocycles. The van der Waals surface area contributed by atoms with E-state index >= 15 is 0 Å². The van der Waals surface area contributed by atoms with Crippen LogP contribution in [0.1, 0.15) is 36.7 Å². The molecule has 2 heterocycles. The summed E-state index contributed by atoms with van der Waals surface area (Å²) in [7, 11) is 0. The van der Waals surface area contributed by atoms with Crippen molar-refractivity contribution in [2.75, 3.05) is 32.7 Å². The van der Waals surface area contributed by atoms with Crippen LogP contribution in [0, 0.1) is 0 Å². The summed E-state index contributed by atoms with van der Waals surface area (Å²) >= 11 is 0. The molecule has 138 valence electrons. The Balaban J connectivity index is 1.58. The minimum atomic E-state index is -0.467. The smallest absolute Gasteiger partial charge is 0.287 e. The molecule has 1 fully saturated rings. The highest BCUT2D eigenvalue weighted by molar-refractivity contribution is 5.94. The molecular formula is C17H27N4O4+. The van der Waals surface area contributed by atoms with E-state index in [0.717, 1.165) is 25.9 Å². The van der Waals surface area contributed by atoms with Crippen molar-refractivity contribution in [3.8, 4) is 0 Å². The van der Waals surface area contributed by atoms with Crippen LogP contribution >= 0.6 is 0 Å². The van der Waals surface area contributed by atoms with Crippen molar-refractivity contribution >= 4 is 17.7 Å². The number of carbonyl (C=O) groups excluding carboxylic acids is 3. The van der Waals surface area contributed by atoms with Gasteiger partial charge >= 0.3 is 0 Å². The largest absolute Gasteiger partial charge is 0.459 e. The molecule has 0 bridgehead atoms. The summed E-state index contributed by atoms with van der Waals surface area (Å²) in [5, 5.41) is 7.88. The lowest BCUT2D eigenvalue weighted by molar-refractivity contribution is -0.905. The summed E-state index contributed by atoms with van der Waals surface area (Å²) in [6.07, 6.45) is 4.49. The van der Waals surface area contributed by atoms with Crippen LogP contribution in [-0.4, -0.2) is 56.5 Å². The van der Waals surface area contributed by atoms with Crippen molar-refractivity contribution < 1.29 is 23.7 Å². The van der Waals surface area contributed by atoms with E-state index in [1.165, 1.54) is 25.3 Å². The second kappa shape index (κ2) is 9.83. The Hall–Kier alpha value is -2.35. The summed E-state index contributed by atoms with van der Waals surface area (Å²) in [4.78, 5) is 36.8. The Kier molecular flexibility index (Phi) is 7.46. The molecule has 0 spiro atoms. The Morgan fingerprint density at radius 1 is 1.16 bits per heavy atom. The van der Waals surface area contributed by atoms with Gasteiger partial charge in [0.05, 0.1) is 39.0 Å². The van der Waals surface area contributed by atoms with E-state index in [1.54, 1.807) is 11.0 Å². The maximum atomic E-state index is 11.9. The lowest BCUT2D eigenvalue weighted by Gasteiger charge is -2.29. The molecule has 0 aliphatic carbocycles. The van der Waals surface area contributed by atoms with Crippen LogP contribution in [0.4, 0.5) is 0 Å². The third-order valence-electron chi connectivity index (χ3n) is 4.26. The molecule has 0 saturated carbocycles. The summed E-state index contributed by atoms with van der Waals surface area (Å²) < 4.78 is 4.92. The minimum absolute atomic E-state index is 0.0858. The fraction of sp³-hybridized carbons (Fsp3) is 0.588. The molecule has 0 atom stereocenters. The van der Waals surface area contributed by atoms with Crippen LogP contribution in [0.25, 0.3) is 0 Å². The Morgan fingerprint density at radius 2 is 1.88 bits per heavy atom. The van der Waals surface area contributed by atoms with Crippen molar-refractivity contribution in [1.29, 1.82) is 0 Å². The highest BCUT2D eigenvalue weighted by atomic mass is 16.3. The van der Waals surface area contributed by atoms with E-state index in [0.29, 0.717) is 0 Å². The van der Waals surface area contributed by atoms with E-state index in [2.05, 4.69) is 22.9 Å². The van der Waals surface area contributed by atoms with Crippen molar-refractivity contribution in [2.24, 2.45) is 0 Å². The second-order valence-electron chi connectivity index (χ2n) is 6.28. The number of furan rings is 1. The second-order valence-corrected chi connectivity index (χ2v) is 6.28. The predicted molar refractivity (Wildman–Crippen MR) is 91.1 cm³/mol. The Labute approximate surface area is 147 Å². The Bertz CT molecular complexity index is 565. The fourth-order valence-electron chi connectivity index (χ4n) is 2.95. The topological polar surface area (TPSA) is 105 Å². The van der Waals surface area contributed by atoms with Crippen LogP contribution in [0.2, 0.25) is 0 Å². The molecule has 1 aliphatic rings. The van der Waals surface area contributed by atoms with E-state index < -0.39 is 11.8 Å². The number of hydrogen-bond donors (Lipinski definition) is 4. The normalized spacial score (nSPS) is 19.9. The molecule has 1 aromatic rings. The van der Waals surface area contributed by atoms with Gasteiger partial charge in [-0.2, -0.15) is 0 Å². The average molecular weight is 351 g/mol. The third-order valence-corrected chi connectivity index (χ3v) is 4.26. The first-order chi connectivity index (χ1) is 12.1. The molecule has 8 heteroatoms. The van der Waals surface area contributed by atoms with Gasteiger partial charge in [-0.3, -0.25) is 14.4 Å². The van der Waals surface area contributed by atoms with Gasteiger partial charge in [0, 0.05) is 18.9 Å². The maximum absolute atomic E-state index is 11.9. The number of rotatable bonds is 8. The van der Waals surface area contributed by atoms with E-state index in [1.807, 2.05) is 0 Å². The highest BCUT2D eigenvalue weighted by Crippen LogP contribution is 1.99. The number of quaternary nitrogens is 1. The summed E-state index contributed by atoms with van der Waals surface area (Å²) in [5.41, 5.74) is 0. The molecule has 3 amide bonds. The molecule has 1 saturated heterocycles. The number of carbonyl (C=O) groups is 3. The van der Waals surface area contributed by atoms with Crippen LogP contribution in [0.15, 0.2) is 22.8 Å². The van der Waals surface area contributed by atoms with Crippen molar-refractivity contribution in [1.82, 2.24) is 16.0 Å². The molecular weight excluding hydrogens is 324 g/mol.